The van der Waals surface area contributed by atoms with Gasteiger partial charge < -0.3 is 0 Å². The van der Waals surface area contributed by atoms with Crippen LogP contribution in [-0.4, -0.2) is 27.9 Å². The van der Waals surface area contributed by atoms with E-state index in [1.54, 1.807) is 20.8 Å². The fourth-order valence-electron chi connectivity index (χ4n) is 0.827. The van der Waals surface area contributed by atoms with E-state index in [2.05, 4.69) is 10.1 Å². The predicted octanol–water partition coefficient (Wildman–Crippen LogP) is 0.870. The Morgan fingerprint density at radius 1 is 1.43 bits per heavy atom. The number of rotatable bonds is 2. The van der Waals surface area contributed by atoms with Crippen molar-refractivity contribution in [3.8, 4) is 0 Å². The van der Waals surface area contributed by atoms with Crippen molar-refractivity contribution in [2.24, 2.45) is 0 Å². The van der Waals surface area contributed by atoms with Crippen molar-refractivity contribution in [2.45, 2.75) is 44.1 Å². The summed E-state index contributed by atoms with van der Waals surface area (Å²) in [4.78, 5) is 3.79. The van der Waals surface area contributed by atoms with Gasteiger partial charge in [-0.25, -0.2) is 13.4 Å². The van der Waals surface area contributed by atoms with Crippen LogP contribution in [0.15, 0.2) is 11.5 Å². The molecule has 0 unspecified atom stereocenters. The van der Waals surface area contributed by atoms with Crippen LogP contribution in [0.25, 0.3) is 0 Å². The molecule has 0 aliphatic carbocycles. The lowest BCUT2D eigenvalue weighted by atomic mass is 10.3. The molecule has 14 heavy (non-hydrogen) atoms. The number of nitrogens with zero attached hydrogens (tertiary/aromatic N) is 3. The molecule has 0 radical (unpaired) electrons. The van der Waals surface area contributed by atoms with E-state index in [1.165, 1.54) is 11.0 Å². The van der Waals surface area contributed by atoms with Gasteiger partial charge >= 0.3 is 0 Å². The smallest absolute Gasteiger partial charge is 0.252 e. The molecule has 0 aliphatic rings. The Balaban J connectivity index is 3.18. The van der Waals surface area contributed by atoms with E-state index in [1.807, 2.05) is 6.92 Å². The molecule has 0 amide bonds. The molecule has 0 atom stereocenters. The standard InChI is InChI=1S/C8H15N3O2S/c1-5-11-6-9-7(10-11)14(12,13)8(2,3)4/h6H,5H2,1-4H3. The summed E-state index contributed by atoms with van der Waals surface area (Å²) in [7, 11) is -3.41. The predicted molar refractivity (Wildman–Crippen MR) is 52.6 cm³/mol. The third-order valence-electron chi connectivity index (χ3n) is 1.89. The highest BCUT2D eigenvalue weighted by atomic mass is 32.2. The van der Waals surface area contributed by atoms with Crippen molar-refractivity contribution in [1.29, 1.82) is 0 Å². The molecular formula is C8H15N3O2S. The molecule has 1 aromatic heterocycles. The van der Waals surface area contributed by atoms with Crippen molar-refractivity contribution < 1.29 is 8.42 Å². The summed E-state index contributed by atoms with van der Waals surface area (Å²) in [6.07, 6.45) is 1.43. The summed E-state index contributed by atoms with van der Waals surface area (Å²) < 4.78 is 24.3. The molecule has 5 nitrogen and oxygen atoms in total. The topological polar surface area (TPSA) is 64.8 Å². The monoisotopic (exact) mass is 217 g/mol. The van der Waals surface area contributed by atoms with E-state index in [0.29, 0.717) is 6.54 Å². The molecule has 0 N–H and O–H groups in total. The fourth-order valence-corrected chi connectivity index (χ4v) is 1.77. The van der Waals surface area contributed by atoms with Crippen LogP contribution in [0.4, 0.5) is 0 Å². The largest absolute Gasteiger partial charge is 0.267 e. The van der Waals surface area contributed by atoms with Gasteiger partial charge in [-0.05, 0) is 27.7 Å². The minimum Gasteiger partial charge on any atom is -0.252 e. The maximum absolute atomic E-state index is 11.8. The average molecular weight is 217 g/mol. The molecule has 0 aromatic carbocycles. The van der Waals surface area contributed by atoms with E-state index >= 15 is 0 Å². The number of aryl methyl sites for hydroxylation is 1. The first-order valence-corrected chi connectivity index (χ1v) is 5.91. The van der Waals surface area contributed by atoms with Crippen molar-refractivity contribution in [1.82, 2.24) is 14.8 Å². The summed E-state index contributed by atoms with van der Waals surface area (Å²) in [6, 6.07) is 0. The molecule has 0 saturated carbocycles. The van der Waals surface area contributed by atoms with Crippen LogP contribution in [0.3, 0.4) is 0 Å². The van der Waals surface area contributed by atoms with Crippen LogP contribution >= 0.6 is 0 Å². The maximum Gasteiger partial charge on any atom is 0.267 e. The minimum atomic E-state index is -3.41. The molecule has 0 spiro atoms. The van der Waals surface area contributed by atoms with Gasteiger partial charge in [0.15, 0.2) is 0 Å². The highest BCUT2D eigenvalue weighted by Gasteiger charge is 2.34. The molecule has 1 aromatic rings. The summed E-state index contributed by atoms with van der Waals surface area (Å²) in [5.41, 5.74) is 0. The third kappa shape index (κ3) is 1.79. The zero-order valence-electron chi connectivity index (χ0n) is 8.85. The highest BCUT2D eigenvalue weighted by Crippen LogP contribution is 2.21. The van der Waals surface area contributed by atoms with Crippen molar-refractivity contribution in [2.75, 3.05) is 0 Å². The van der Waals surface area contributed by atoms with Gasteiger partial charge in [0.25, 0.3) is 5.16 Å². The van der Waals surface area contributed by atoms with Gasteiger partial charge in [0, 0.05) is 6.54 Å². The van der Waals surface area contributed by atoms with Crippen molar-refractivity contribution >= 4 is 9.84 Å². The van der Waals surface area contributed by atoms with Crippen molar-refractivity contribution in [3.05, 3.63) is 6.33 Å². The second-order valence-electron chi connectivity index (χ2n) is 4.00. The molecule has 1 rings (SSSR count). The van der Waals surface area contributed by atoms with E-state index in [9.17, 15) is 8.42 Å². The van der Waals surface area contributed by atoms with Gasteiger partial charge in [-0.15, -0.1) is 5.10 Å². The molecule has 0 bridgehead atoms. The first-order chi connectivity index (χ1) is 6.29. The molecule has 1 heterocycles. The highest BCUT2D eigenvalue weighted by molar-refractivity contribution is 7.92. The summed E-state index contributed by atoms with van der Waals surface area (Å²) >= 11 is 0. The minimum absolute atomic E-state index is 0.0909. The molecule has 6 heteroatoms. The van der Waals surface area contributed by atoms with E-state index in [-0.39, 0.29) is 5.16 Å². The Morgan fingerprint density at radius 3 is 2.36 bits per heavy atom. The summed E-state index contributed by atoms with van der Waals surface area (Å²) in [5.74, 6) is 0. The number of hydrogen-bond acceptors (Lipinski definition) is 4. The Bertz CT molecular complexity index is 414. The fraction of sp³-hybridized carbons (Fsp3) is 0.750. The third-order valence-corrected chi connectivity index (χ3v) is 4.17. The Labute approximate surface area is 84.1 Å². The van der Waals surface area contributed by atoms with Crippen LogP contribution in [-0.2, 0) is 16.4 Å². The molecule has 0 aliphatic heterocycles. The SMILES string of the molecule is CCn1cnc(S(=O)(=O)C(C)(C)C)n1. The lowest BCUT2D eigenvalue weighted by Gasteiger charge is -2.15. The van der Waals surface area contributed by atoms with Gasteiger partial charge in [0.2, 0.25) is 9.84 Å². The van der Waals surface area contributed by atoms with E-state index in [0.717, 1.165) is 0 Å². The first kappa shape index (κ1) is 11.2. The van der Waals surface area contributed by atoms with E-state index < -0.39 is 14.6 Å². The lowest BCUT2D eigenvalue weighted by molar-refractivity contribution is 0.545. The van der Waals surface area contributed by atoms with E-state index in [4.69, 9.17) is 0 Å². The number of hydrogen-bond donors (Lipinski definition) is 0. The summed E-state index contributed by atoms with van der Waals surface area (Å²) in [5, 5.41) is 3.79. The Morgan fingerprint density at radius 2 is 2.00 bits per heavy atom. The average Bonchev–Trinajstić information content (AvgIpc) is 2.49. The van der Waals surface area contributed by atoms with Crippen LogP contribution in [0, 0.1) is 0 Å². The molecule has 0 fully saturated rings. The zero-order chi connectivity index (χ0) is 11.0. The van der Waals surface area contributed by atoms with Crippen molar-refractivity contribution in [3.63, 3.8) is 0 Å². The van der Waals surface area contributed by atoms with Gasteiger partial charge in [-0.1, -0.05) is 0 Å². The number of aromatic nitrogens is 3. The van der Waals surface area contributed by atoms with Crippen LogP contribution < -0.4 is 0 Å². The zero-order valence-corrected chi connectivity index (χ0v) is 9.67. The second kappa shape index (κ2) is 3.34. The van der Waals surface area contributed by atoms with Crippen LogP contribution in [0.1, 0.15) is 27.7 Å². The lowest BCUT2D eigenvalue weighted by Crippen LogP contribution is -2.29. The van der Waals surface area contributed by atoms with Gasteiger partial charge in [0.1, 0.15) is 6.33 Å². The molecular weight excluding hydrogens is 202 g/mol. The van der Waals surface area contributed by atoms with Gasteiger partial charge in [-0.2, -0.15) is 0 Å². The quantitative estimate of drug-likeness (QED) is 0.737. The van der Waals surface area contributed by atoms with Crippen LogP contribution in [0.5, 0.6) is 0 Å². The molecule has 80 valence electrons. The Kier molecular flexibility index (Phi) is 2.67. The Hall–Kier alpha value is -0.910. The van der Waals surface area contributed by atoms with Gasteiger partial charge in [-0.3, -0.25) is 4.68 Å². The second-order valence-corrected chi connectivity index (χ2v) is 6.60. The van der Waals surface area contributed by atoms with Crippen LogP contribution in [0.2, 0.25) is 0 Å². The first-order valence-electron chi connectivity index (χ1n) is 4.43. The normalized spacial score (nSPS) is 13.1. The maximum atomic E-state index is 11.8. The number of sulfone groups is 1. The van der Waals surface area contributed by atoms with Gasteiger partial charge in [0.05, 0.1) is 4.75 Å². The molecule has 0 saturated heterocycles. The summed E-state index contributed by atoms with van der Waals surface area (Å²) in [6.45, 7) is 7.40.